The summed E-state index contributed by atoms with van der Waals surface area (Å²) in [5.74, 6) is 0.433. The summed E-state index contributed by atoms with van der Waals surface area (Å²) >= 11 is 0. The van der Waals surface area contributed by atoms with Crippen LogP contribution in [0, 0.1) is 0 Å². The van der Waals surface area contributed by atoms with Gasteiger partial charge in [-0.05, 0) is 0 Å². The van der Waals surface area contributed by atoms with E-state index in [1.807, 2.05) is 0 Å². The number of H-pyrrole nitrogens is 1. The van der Waals surface area contributed by atoms with Crippen LogP contribution < -0.4 is 5.73 Å². The first-order chi connectivity index (χ1) is 10.3. The number of imidazole rings is 1. The molecule has 23 heavy (non-hydrogen) atoms. The summed E-state index contributed by atoms with van der Waals surface area (Å²) in [6, 6.07) is 0. The lowest BCUT2D eigenvalue weighted by Gasteiger charge is -2.11. The zero-order valence-electron chi connectivity index (χ0n) is 10.7. The summed E-state index contributed by atoms with van der Waals surface area (Å²) in [6.07, 6.45) is 2.92. The minimum absolute atomic E-state index is 0.433. The van der Waals surface area contributed by atoms with Crippen molar-refractivity contribution in [2.24, 2.45) is 0 Å². The number of nitrogens with two attached hydrogens (primary N) is 1. The third kappa shape index (κ3) is 7.72. The molecule has 2 aromatic heterocycles. The van der Waals surface area contributed by atoms with Crippen molar-refractivity contribution in [3.63, 3.8) is 0 Å². The maximum Gasteiger partial charge on any atom is 0.490 e. The third-order valence-electron chi connectivity index (χ3n) is 1.67. The van der Waals surface area contributed by atoms with E-state index >= 15 is 0 Å². The van der Waals surface area contributed by atoms with E-state index in [-0.39, 0.29) is 0 Å². The number of nitrogens with one attached hydrogen (secondary N) is 1. The molecule has 0 bridgehead atoms. The van der Waals surface area contributed by atoms with Crippen LogP contribution in [0.2, 0.25) is 0 Å². The normalized spacial score (nSPS) is 12.7. The average molecular weight is 393 g/mol. The van der Waals surface area contributed by atoms with Gasteiger partial charge < -0.3 is 35.2 Å². The maximum absolute atomic E-state index is 10.4. The van der Waals surface area contributed by atoms with E-state index in [2.05, 4.69) is 28.6 Å². The highest BCUT2D eigenvalue weighted by atomic mass is 31.3. The first-order valence-corrected chi connectivity index (χ1v) is 9.61. The van der Waals surface area contributed by atoms with Gasteiger partial charge in [0.25, 0.3) is 0 Å². The number of nitrogen functional groups attached to an aromatic ring is 1. The molecule has 130 valence electrons. The molecule has 0 aromatic carbocycles. The highest BCUT2D eigenvalue weighted by Gasteiger charge is 2.38. The number of fused-ring (bicyclic) bond motifs is 1. The first kappa shape index (κ1) is 19.8. The molecule has 0 saturated heterocycles. The number of aromatic amines is 1. The second-order valence-electron chi connectivity index (χ2n) is 3.47. The van der Waals surface area contributed by atoms with Gasteiger partial charge in [0.05, 0.1) is 6.33 Å². The SMILES string of the molecule is Nc1ncnc2nc[nH]c12.O=P(O)(O)OP(=O)(O)OP(=O)(O)O. The molecule has 8 N–H and O–H groups in total. The zero-order valence-corrected chi connectivity index (χ0v) is 13.4. The van der Waals surface area contributed by atoms with Gasteiger partial charge in [0, 0.05) is 0 Å². The fourth-order valence-electron chi connectivity index (χ4n) is 1.07. The molecule has 0 aliphatic carbocycles. The number of hydrogen-bond donors (Lipinski definition) is 7. The van der Waals surface area contributed by atoms with Crippen LogP contribution in [0.15, 0.2) is 12.7 Å². The Labute approximate surface area is 126 Å². The Kier molecular flexibility index (Phi) is 6.12. The number of rotatable bonds is 4. The molecule has 15 nitrogen and oxygen atoms in total. The Bertz CT molecular complexity index is 782. The maximum atomic E-state index is 10.4. The molecule has 2 heterocycles. The van der Waals surface area contributed by atoms with Gasteiger partial charge in [-0.15, -0.1) is 0 Å². The van der Waals surface area contributed by atoms with Crippen LogP contribution in [0.1, 0.15) is 0 Å². The molecule has 0 fully saturated rings. The molecular formula is C5H10N5O10P3. The van der Waals surface area contributed by atoms with Crippen molar-refractivity contribution in [2.45, 2.75) is 0 Å². The largest absolute Gasteiger partial charge is 0.490 e. The van der Waals surface area contributed by atoms with Crippen molar-refractivity contribution < 1.29 is 46.8 Å². The fourth-order valence-corrected chi connectivity index (χ4v) is 3.61. The minimum Gasteiger partial charge on any atom is -0.382 e. The Morgan fingerprint density at radius 3 is 1.91 bits per heavy atom. The topological polar surface area (TPSA) is 251 Å². The summed E-state index contributed by atoms with van der Waals surface area (Å²) in [7, 11) is -16.2. The number of phosphoric acid groups is 3. The summed E-state index contributed by atoms with van der Waals surface area (Å²) < 4.78 is 36.4. The predicted molar refractivity (Wildman–Crippen MR) is 72.2 cm³/mol. The van der Waals surface area contributed by atoms with E-state index in [1.54, 1.807) is 0 Å². The number of hydrogen-bond acceptors (Lipinski definition) is 9. The second-order valence-corrected chi connectivity index (χ2v) is 7.68. The van der Waals surface area contributed by atoms with Crippen molar-refractivity contribution in [1.29, 1.82) is 0 Å². The molecule has 0 amide bonds. The Balaban J connectivity index is 0.000000235. The average Bonchev–Trinajstić information content (AvgIpc) is 2.71. The van der Waals surface area contributed by atoms with Crippen LogP contribution in [0.5, 0.6) is 0 Å². The Hall–Kier alpha value is -1.24. The summed E-state index contributed by atoms with van der Waals surface area (Å²) in [4.78, 5) is 54.6. The van der Waals surface area contributed by atoms with Crippen LogP contribution in [-0.4, -0.2) is 44.4 Å². The van der Waals surface area contributed by atoms with E-state index in [1.165, 1.54) is 12.7 Å². The van der Waals surface area contributed by atoms with Gasteiger partial charge in [0.2, 0.25) is 0 Å². The van der Waals surface area contributed by atoms with E-state index in [0.717, 1.165) is 0 Å². The molecule has 0 saturated carbocycles. The Morgan fingerprint density at radius 2 is 1.48 bits per heavy atom. The number of anilines is 1. The highest BCUT2D eigenvalue weighted by molar-refractivity contribution is 7.66. The van der Waals surface area contributed by atoms with E-state index in [4.69, 9.17) is 30.2 Å². The van der Waals surface area contributed by atoms with E-state index < -0.39 is 23.5 Å². The number of nitrogens with zero attached hydrogens (tertiary/aromatic N) is 3. The first-order valence-electron chi connectivity index (χ1n) is 5.05. The molecule has 0 radical (unpaired) electrons. The minimum atomic E-state index is -5.46. The van der Waals surface area contributed by atoms with Crippen molar-refractivity contribution >= 4 is 40.4 Å². The lowest BCUT2D eigenvalue weighted by Crippen LogP contribution is -1.91. The highest BCUT2D eigenvalue weighted by Crippen LogP contribution is 2.64. The van der Waals surface area contributed by atoms with Gasteiger partial charge in [-0.1, -0.05) is 0 Å². The van der Waals surface area contributed by atoms with Crippen LogP contribution >= 0.6 is 23.5 Å². The lowest BCUT2D eigenvalue weighted by molar-refractivity contribution is 0.204. The molecule has 2 rings (SSSR count). The molecule has 0 spiro atoms. The standard InChI is InChI=1S/C5H5N5.H5O10P3/c6-4-3-5(9-1-7-3)10-2-8-4;1-11(2,3)9-13(7,8)10-12(4,5)6/h1-2H,(H3,6,7,8,9,10);(H,7,8)(H2,1,2,3)(H2,4,5,6). The molecule has 18 heteroatoms. The van der Waals surface area contributed by atoms with Gasteiger partial charge in [-0.2, -0.15) is 8.62 Å². The predicted octanol–water partition coefficient (Wildman–Crippen LogP) is -0.760. The van der Waals surface area contributed by atoms with Crippen LogP contribution in [0.3, 0.4) is 0 Å². The second kappa shape index (κ2) is 7.11. The van der Waals surface area contributed by atoms with Gasteiger partial charge >= 0.3 is 23.5 Å². The van der Waals surface area contributed by atoms with Gasteiger partial charge in [-0.3, -0.25) is 0 Å². The van der Waals surface area contributed by atoms with Crippen molar-refractivity contribution in [3.05, 3.63) is 12.7 Å². The van der Waals surface area contributed by atoms with Crippen LogP contribution in [-0.2, 0) is 22.3 Å². The molecule has 0 atom stereocenters. The van der Waals surface area contributed by atoms with Gasteiger partial charge in [0.15, 0.2) is 11.5 Å². The van der Waals surface area contributed by atoms with E-state index in [0.29, 0.717) is 17.0 Å². The van der Waals surface area contributed by atoms with Crippen molar-refractivity contribution in [3.8, 4) is 0 Å². The number of aromatic nitrogens is 4. The summed E-state index contributed by atoms with van der Waals surface area (Å²) in [6.45, 7) is 0. The molecular weight excluding hydrogens is 383 g/mol. The third-order valence-corrected chi connectivity index (χ3v) is 5.02. The van der Waals surface area contributed by atoms with Gasteiger partial charge in [-0.25, -0.2) is 28.6 Å². The molecule has 0 aliphatic heterocycles. The van der Waals surface area contributed by atoms with E-state index in [9.17, 15) is 13.7 Å². The molecule has 0 aliphatic rings. The Morgan fingerprint density at radius 1 is 0.957 bits per heavy atom. The van der Waals surface area contributed by atoms with Crippen LogP contribution in [0.4, 0.5) is 5.82 Å². The summed E-state index contributed by atoms with van der Waals surface area (Å²) in [5.41, 5.74) is 6.78. The molecule has 0 unspecified atom stereocenters. The fraction of sp³-hybridized carbons (Fsp3) is 0. The molecule has 2 aromatic rings. The van der Waals surface area contributed by atoms with Crippen LogP contribution in [0.25, 0.3) is 11.2 Å². The monoisotopic (exact) mass is 393 g/mol. The van der Waals surface area contributed by atoms with Crippen molar-refractivity contribution in [2.75, 3.05) is 5.73 Å². The van der Waals surface area contributed by atoms with Gasteiger partial charge in [0.1, 0.15) is 11.8 Å². The smallest absolute Gasteiger partial charge is 0.382 e. The quantitative estimate of drug-likeness (QED) is 0.315. The zero-order chi connectivity index (χ0) is 17.9. The van der Waals surface area contributed by atoms with Crippen molar-refractivity contribution in [1.82, 2.24) is 19.9 Å². The summed E-state index contributed by atoms with van der Waals surface area (Å²) in [5, 5.41) is 0. The lowest BCUT2D eigenvalue weighted by atomic mass is 10.5.